The van der Waals surface area contributed by atoms with Gasteiger partial charge in [0.05, 0.1) is 40.9 Å². The van der Waals surface area contributed by atoms with Gasteiger partial charge in [-0.15, -0.1) is 0 Å². The number of aliphatic hydroxyl groups is 3. The van der Waals surface area contributed by atoms with E-state index in [4.69, 9.17) is 4.74 Å². The number of hydrogen-bond donors (Lipinski definition) is 5. The van der Waals surface area contributed by atoms with E-state index in [9.17, 15) is 28.9 Å². The molecule has 0 spiro atoms. The maximum Gasteiger partial charge on any atom is 0.252 e. The Kier molecular flexibility index (Phi) is 4.72. The SMILES string of the molecule is C[C@H]1[C@H](O)[C@@H](O)[C@H](n2c3ccc(F)cc3c3c4c(c5c6cc(F)ccc6[nH]c5c32)CNC4=O)O[C@@H]1CO. The van der Waals surface area contributed by atoms with E-state index in [2.05, 4.69) is 10.3 Å². The molecule has 190 valence electrons. The van der Waals surface area contributed by atoms with Crippen LogP contribution in [0.5, 0.6) is 0 Å². The molecule has 10 heteroatoms. The number of aromatic amines is 1. The molecule has 0 radical (unpaired) electrons. The number of fused-ring (bicyclic) bond motifs is 10. The average Bonchev–Trinajstić information content (AvgIpc) is 3.54. The van der Waals surface area contributed by atoms with Crippen LogP contribution in [0.3, 0.4) is 0 Å². The maximum absolute atomic E-state index is 14.6. The van der Waals surface area contributed by atoms with E-state index in [-0.39, 0.29) is 19.1 Å². The van der Waals surface area contributed by atoms with E-state index >= 15 is 0 Å². The fourth-order valence-corrected chi connectivity index (χ4v) is 6.17. The largest absolute Gasteiger partial charge is 0.394 e. The molecule has 5 atom stereocenters. The van der Waals surface area contributed by atoms with Crippen LogP contribution in [0.15, 0.2) is 36.4 Å². The zero-order valence-electron chi connectivity index (χ0n) is 19.6. The molecular formula is C27H23F2N3O5. The second-order valence-corrected chi connectivity index (χ2v) is 9.94. The van der Waals surface area contributed by atoms with E-state index in [0.29, 0.717) is 54.7 Å². The van der Waals surface area contributed by atoms with Crippen molar-refractivity contribution in [2.75, 3.05) is 6.61 Å². The summed E-state index contributed by atoms with van der Waals surface area (Å²) in [7, 11) is 0. The molecule has 5 aromatic rings. The van der Waals surface area contributed by atoms with E-state index in [1.807, 2.05) is 0 Å². The summed E-state index contributed by atoms with van der Waals surface area (Å²) >= 11 is 0. The summed E-state index contributed by atoms with van der Waals surface area (Å²) in [5.74, 6) is -1.84. The van der Waals surface area contributed by atoms with Crippen LogP contribution in [0, 0.1) is 17.6 Å². The Bertz CT molecular complexity index is 1780. The van der Waals surface area contributed by atoms with Crippen molar-refractivity contribution >= 4 is 49.5 Å². The van der Waals surface area contributed by atoms with Crippen LogP contribution in [0.25, 0.3) is 43.6 Å². The molecule has 1 fully saturated rings. The second-order valence-electron chi connectivity index (χ2n) is 9.94. The Labute approximate surface area is 208 Å². The van der Waals surface area contributed by atoms with Gasteiger partial charge < -0.3 is 34.9 Å². The number of carbonyl (C=O) groups excluding carboxylic acids is 1. The fraction of sp³-hybridized carbons (Fsp3) is 0.296. The minimum atomic E-state index is -1.39. The van der Waals surface area contributed by atoms with Crippen LogP contribution >= 0.6 is 0 Å². The Morgan fingerprint density at radius 3 is 2.54 bits per heavy atom. The van der Waals surface area contributed by atoms with Crippen molar-refractivity contribution in [2.24, 2.45) is 5.92 Å². The lowest BCUT2D eigenvalue weighted by Gasteiger charge is -2.42. The lowest BCUT2D eigenvalue weighted by atomic mass is 9.90. The predicted octanol–water partition coefficient (Wildman–Crippen LogP) is 3.20. The molecule has 4 heterocycles. The summed E-state index contributed by atoms with van der Waals surface area (Å²) in [5.41, 5.74) is 3.13. The highest BCUT2D eigenvalue weighted by Crippen LogP contribution is 2.46. The van der Waals surface area contributed by atoms with Crippen molar-refractivity contribution in [3.05, 3.63) is 59.2 Å². The monoisotopic (exact) mass is 507 g/mol. The third-order valence-corrected chi connectivity index (χ3v) is 7.98. The van der Waals surface area contributed by atoms with E-state index in [1.165, 1.54) is 30.3 Å². The number of nitrogens with zero attached hydrogens (tertiary/aromatic N) is 1. The van der Waals surface area contributed by atoms with Gasteiger partial charge in [-0.05, 0) is 42.0 Å². The van der Waals surface area contributed by atoms with Crippen molar-refractivity contribution in [1.82, 2.24) is 14.9 Å². The summed E-state index contributed by atoms with van der Waals surface area (Å²) in [6, 6.07) is 8.47. The summed E-state index contributed by atoms with van der Waals surface area (Å²) in [5, 5.41) is 36.9. The molecule has 7 rings (SSSR count). The van der Waals surface area contributed by atoms with Gasteiger partial charge in [-0.25, -0.2) is 8.78 Å². The van der Waals surface area contributed by atoms with Gasteiger partial charge in [-0.3, -0.25) is 4.79 Å². The Morgan fingerprint density at radius 2 is 1.78 bits per heavy atom. The first-order valence-corrected chi connectivity index (χ1v) is 12.1. The van der Waals surface area contributed by atoms with Gasteiger partial charge in [0.25, 0.3) is 5.91 Å². The minimum absolute atomic E-state index is 0.220. The number of H-pyrrole nitrogens is 1. The fourth-order valence-electron chi connectivity index (χ4n) is 6.17. The lowest BCUT2D eigenvalue weighted by Crippen LogP contribution is -2.52. The van der Waals surface area contributed by atoms with Crippen LogP contribution in [0.4, 0.5) is 8.78 Å². The maximum atomic E-state index is 14.6. The summed E-state index contributed by atoms with van der Waals surface area (Å²) in [4.78, 5) is 16.5. The predicted molar refractivity (Wildman–Crippen MR) is 132 cm³/mol. The van der Waals surface area contributed by atoms with Crippen molar-refractivity contribution in [2.45, 2.75) is 38.0 Å². The number of carbonyl (C=O) groups is 1. The quantitative estimate of drug-likeness (QED) is 0.251. The summed E-state index contributed by atoms with van der Waals surface area (Å²) in [6.45, 7) is 1.51. The zero-order chi connectivity index (χ0) is 25.7. The molecular weight excluding hydrogens is 484 g/mol. The van der Waals surface area contributed by atoms with Crippen molar-refractivity contribution in [3.63, 3.8) is 0 Å². The number of ether oxygens (including phenoxy) is 1. The molecule has 37 heavy (non-hydrogen) atoms. The highest BCUT2D eigenvalue weighted by Gasteiger charge is 2.44. The smallest absolute Gasteiger partial charge is 0.252 e. The number of amides is 1. The number of rotatable bonds is 2. The van der Waals surface area contributed by atoms with Crippen LogP contribution < -0.4 is 5.32 Å². The second kappa shape index (κ2) is 7.72. The van der Waals surface area contributed by atoms with Crippen molar-refractivity contribution < 1.29 is 33.6 Å². The average molecular weight is 507 g/mol. The molecule has 2 aliphatic heterocycles. The molecule has 8 nitrogen and oxygen atoms in total. The lowest BCUT2D eigenvalue weighted by molar-refractivity contribution is -0.227. The van der Waals surface area contributed by atoms with Crippen LogP contribution in [0.2, 0.25) is 0 Å². The molecule has 0 saturated carbocycles. The highest BCUT2D eigenvalue weighted by molar-refractivity contribution is 6.30. The van der Waals surface area contributed by atoms with Gasteiger partial charge in [0.2, 0.25) is 0 Å². The molecule has 0 bridgehead atoms. The molecule has 5 N–H and O–H groups in total. The van der Waals surface area contributed by atoms with Gasteiger partial charge in [-0.1, -0.05) is 6.92 Å². The first-order valence-electron chi connectivity index (χ1n) is 12.1. The topological polar surface area (TPSA) is 120 Å². The number of aliphatic hydroxyl groups excluding tert-OH is 3. The van der Waals surface area contributed by atoms with Gasteiger partial charge in [-0.2, -0.15) is 0 Å². The molecule has 2 aliphatic rings. The van der Waals surface area contributed by atoms with Crippen LogP contribution in [-0.2, 0) is 11.3 Å². The summed E-state index contributed by atoms with van der Waals surface area (Å²) < 4.78 is 36.7. The number of aromatic nitrogens is 2. The van der Waals surface area contributed by atoms with Gasteiger partial charge in [0, 0.05) is 39.5 Å². The van der Waals surface area contributed by atoms with E-state index in [0.717, 1.165) is 0 Å². The number of benzene rings is 3. The summed E-state index contributed by atoms with van der Waals surface area (Å²) in [6.07, 6.45) is -4.54. The van der Waals surface area contributed by atoms with Crippen molar-refractivity contribution in [3.8, 4) is 0 Å². The molecule has 0 unspecified atom stereocenters. The Morgan fingerprint density at radius 1 is 1.05 bits per heavy atom. The standard InChI is InChI=1S/C27H23F2N3O5/c1-10-18(9-33)37-27(25(35)24(10)34)32-17-5-3-12(29)7-14(17)20-21-15(8-30-26(21)36)19-13-6-11(28)2-4-16(13)31-22(19)23(20)32/h2-7,10,18,24-25,27,31,33-35H,8-9H2,1H3,(H,30,36)/t10-,18-,24+,25-,27-/m1/s1. The highest BCUT2D eigenvalue weighted by atomic mass is 19.1. The normalized spacial score (nSPS) is 26.0. The molecule has 1 amide bonds. The zero-order valence-corrected chi connectivity index (χ0v) is 19.6. The number of halogens is 2. The minimum Gasteiger partial charge on any atom is -0.394 e. The molecule has 0 aliphatic carbocycles. The van der Waals surface area contributed by atoms with Gasteiger partial charge in [0.1, 0.15) is 17.7 Å². The van der Waals surface area contributed by atoms with Gasteiger partial charge >= 0.3 is 0 Å². The third kappa shape index (κ3) is 2.92. The number of hydrogen-bond acceptors (Lipinski definition) is 5. The van der Waals surface area contributed by atoms with Crippen LogP contribution in [-0.4, -0.2) is 55.7 Å². The third-order valence-electron chi connectivity index (χ3n) is 7.98. The van der Waals surface area contributed by atoms with E-state index < -0.39 is 42.1 Å². The molecule has 3 aromatic carbocycles. The first-order chi connectivity index (χ1) is 17.8. The van der Waals surface area contributed by atoms with Crippen molar-refractivity contribution in [1.29, 1.82) is 0 Å². The van der Waals surface area contributed by atoms with E-state index in [1.54, 1.807) is 17.6 Å². The van der Waals surface area contributed by atoms with Gasteiger partial charge in [0.15, 0.2) is 6.23 Å². The Balaban J connectivity index is 1.70. The molecule has 1 saturated heterocycles. The number of nitrogens with one attached hydrogen (secondary N) is 2. The van der Waals surface area contributed by atoms with Crippen LogP contribution in [0.1, 0.15) is 29.1 Å². The Hall–Kier alpha value is -3.57. The first kappa shape index (κ1) is 22.6. The molecule has 2 aromatic heterocycles.